The van der Waals surface area contributed by atoms with Gasteiger partial charge in [-0.15, -0.1) is 0 Å². The first-order valence-electron chi connectivity index (χ1n) is 3.06. The summed E-state index contributed by atoms with van der Waals surface area (Å²) >= 11 is 0. The van der Waals surface area contributed by atoms with Crippen molar-refractivity contribution in [3.05, 3.63) is 0 Å². The molecule has 0 atom stereocenters. The molecule has 1 N–H and O–H groups in total. The van der Waals surface area contributed by atoms with Gasteiger partial charge in [-0.3, -0.25) is 4.79 Å². The van der Waals surface area contributed by atoms with Gasteiger partial charge in [0.1, 0.15) is 6.29 Å². The van der Waals surface area contributed by atoms with Gasteiger partial charge in [-0.25, -0.2) is 0 Å². The van der Waals surface area contributed by atoms with Crippen LogP contribution in [0.25, 0.3) is 0 Å². The van der Waals surface area contributed by atoms with Gasteiger partial charge >= 0.3 is 0 Å². The third kappa shape index (κ3) is 1.83. The predicted octanol–water partition coefficient (Wildman–Crippen LogP) is -0.288. The van der Waals surface area contributed by atoms with Crippen molar-refractivity contribution < 1.29 is 9.59 Å². The van der Waals surface area contributed by atoms with E-state index in [0.29, 0.717) is 6.29 Å². The Bertz CT molecular complexity index is 129. The SMILES string of the molecule is O=CCNC(=O)C1CC1. The molecule has 0 aromatic carbocycles. The fourth-order valence-electron chi connectivity index (χ4n) is 0.632. The topological polar surface area (TPSA) is 46.2 Å². The zero-order valence-electron chi connectivity index (χ0n) is 5.09. The Morgan fingerprint density at radius 1 is 1.67 bits per heavy atom. The lowest BCUT2D eigenvalue weighted by atomic mass is 10.4. The van der Waals surface area contributed by atoms with Crippen molar-refractivity contribution in [1.82, 2.24) is 5.32 Å². The van der Waals surface area contributed by atoms with Crippen LogP contribution in [0.2, 0.25) is 0 Å². The predicted molar refractivity (Wildman–Crippen MR) is 31.8 cm³/mol. The van der Waals surface area contributed by atoms with E-state index in [0.717, 1.165) is 12.8 Å². The van der Waals surface area contributed by atoms with Crippen LogP contribution in [0.3, 0.4) is 0 Å². The summed E-state index contributed by atoms with van der Waals surface area (Å²) in [6.45, 7) is 0.162. The maximum atomic E-state index is 10.7. The molecule has 1 amide bonds. The van der Waals surface area contributed by atoms with Crippen LogP contribution in [0.5, 0.6) is 0 Å². The molecule has 1 aliphatic rings. The summed E-state index contributed by atoms with van der Waals surface area (Å²) in [5.41, 5.74) is 0. The number of aldehydes is 1. The highest BCUT2D eigenvalue weighted by atomic mass is 16.2. The molecule has 50 valence electrons. The van der Waals surface area contributed by atoms with Gasteiger partial charge in [-0.2, -0.15) is 0 Å². The Hall–Kier alpha value is -0.860. The van der Waals surface area contributed by atoms with Crippen LogP contribution in [0.4, 0.5) is 0 Å². The van der Waals surface area contributed by atoms with Crippen LogP contribution in [-0.4, -0.2) is 18.7 Å². The zero-order chi connectivity index (χ0) is 6.69. The van der Waals surface area contributed by atoms with Gasteiger partial charge in [0.15, 0.2) is 0 Å². The molecule has 1 aliphatic carbocycles. The summed E-state index contributed by atoms with van der Waals surface area (Å²) in [4.78, 5) is 20.4. The first-order chi connectivity index (χ1) is 4.34. The fraction of sp³-hybridized carbons (Fsp3) is 0.667. The monoisotopic (exact) mass is 127 g/mol. The normalized spacial score (nSPS) is 16.9. The molecule has 0 aliphatic heterocycles. The molecule has 1 fully saturated rings. The second kappa shape index (κ2) is 2.62. The van der Waals surface area contributed by atoms with Gasteiger partial charge < -0.3 is 10.1 Å². The standard InChI is InChI=1S/C6H9NO2/c8-4-3-7-6(9)5-1-2-5/h4-5H,1-3H2,(H,7,9). The van der Waals surface area contributed by atoms with Gasteiger partial charge in [0.05, 0.1) is 6.54 Å². The highest BCUT2D eigenvalue weighted by Crippen LogP contribution is 2.28. The van der Waals surface area contributed by atoms with Crippen LogP contribution >= 0.6 is 0 Å². The third-order valence-corrected chi connectivity index (χ3v) is 1.31. The average Bonchev–Trinajstić information content (AvgIpc) is 2.63. The van der Waals surface area contributed by atoms with E-state index in [9.17, 15) is 9.59 Å². The summed E-state index contributed by atoms with van der Waals surface area (Å²) in [5.74, 6) is 0.243. The Morgan fingerprint density at radius 3 is 2.78 bits per heavy atom. The van der Waals surface area contributed by atoms with Crippen LogP contribution in [0.15, 0.2) is 0 Å². The number of rotatable bonds is 3. The average molecular weight is 127 g/mol. The van der Waals surface area contributed by atoms with Crippen molar-refractivity contribution in [3.63, 3.8) is 0 Å². The molecule has 3 nitrogen and oxygen atoms in total. The van der Waals surface area contributed by atoms with Gasteiger partial charge in [0.2, 0.25) is 5.91 Å². The van der Waals surface area contributed by atoms with Gasteiger partial charge in [-0.05, 0) is 12.8 Å². The molecular formula is C6H9NO2. The lowest BCUT2D eigenvalue weighted by molar-refractivity contribution is -0.123. The van der Waals surface area contributed by atoms with Crippen LogP contribution in [0.1, 0.15) is 12.8 Å². The minimum Gasteiger partial charge on any atom is -0.349 e. The van der Waals surface area contributed by atoms with Crippen LogP contribution < -0.4 is 5.32 Å². The Labute approximate surface area is 53.4 Å². The minimum absolute atomic E-state index is 0.0297. The molecule has 9 heavy (non-hydrogen) atoms. The zero-order valence-corrected chi connectivity index (χ0v) is 5.09. The Balaban J connectivity index is 2.10. The molecule has 1 saturated carbocycles. The largest absolute Gasteiger partial charge is 0.349 e. The molecule has 0 heterocycles. The maximum Gasteiger partial charge on any atom is 0.223 e. The highest BCUT2D eigenvalue weighted by Gasteiger charge is 2.28. The number of carbonyl (C=O) groups excluding carboxylic acids is 2. The van der Waals surface area contributed by atoms with E-state index in [1.54, 1.807) is 0 Å². The molecule has 3 heteroatoms. The van der Waals surface area contributed by atoms with Crippen molar-refractivity contribution in [2.45, 2.75) is 12.8 Å². The molecule has 0 aromatic heterocycles. The number of nitrogens with one attached hydrogen (secondary N) is 1. The van der Waals surface area contributed by atoms with E-state index < -0.39 is 0 Å². The third-order valence-electron chi connectivity index (χ3n) is 1.31. The molecule has 0 saturated heterocycles. The number of hydrogen-bond acceptors (Lipinski definition) is 2. The quantitative estimate of drug-likeness (QED) is 0.529. The molecule has 0 radical (unpaired) electrons. The van der Waals surface area contributed by atoms with Crippen LogP contribution in [-0.2, 0) is 9.59 Å². The first-order valence-corrected chi connectivity index (χ1v) is 3.06. The Kier molecular flexibility index (Phi) is 1.82. The van der Waals surface area contributed by atoms with E-state index in [1.165, 1.54) is 0 Å². The first kappa shape index (κ1) is 6.26. The van der Waals surface area contributed by atoms with E-state index in [2.05, 4.69) is 5.32 Å². The number of amides is 1. The fourth-order valence-corrected chi connectivity index (χ4v) is 0.632. The van der Waals surface area contributed by atoms with E-state index in [1.807, 2.05) is 0 Å². The summed E-state index contributed by atoms with van der Waals surface area (Å²) in [7, 11) is 0. The lowest BCUT2D eigenvalue weighted by Crippen LogP contribution is -2.26. The molecule has 1 rings (SSSR count). The van der Waals surface area contributed by atoms with Gasteiger partial charge in [0.25, 0.3) is 0 Å². The summed E-state index contributed by atoms with van der Waals surface area (Å²) in [6.07, 6.45) is 2.68. The maximum absolute atomic E-state index is 10.7. The van der Waals surface area contributed by atoms with Crippen molar-refractivity contribution in [2.75, 3.05) is 6.54 Å². The molecule has 0 spiro atoms. The van der Waals surface area contributed by atoms with E-state index >= 15 is 0 Å². The molecule has 0 bridgehead atoms. The van der Waals surface area contributed by atoms with Crippen molar-refractivity contribution in [3.8, 4) is 0 Å². The second-order valence-corrected chi connectivity index (χ2v) is 2.19. The summed E-state index contributed by atoms with van der Waals surface area (Å²) in [5, 5.41) is 2.49. The highest BCUT2D eigenvalue weighted by molar-refractivity contribution is 5.82. The van der Waals surface area contributed by atoms with Crippen LogP contribution in [0, 0.1) is 5.92 Å². The van der Waals surface area contributed by atoms with Gasteiger partial charge in [0, 0.05) is 5.92 Å². The summed E-state index contributed by atoms with van der Waals surface area (Å²) < 4.78 is 0. The summed E-state index contributed by atoms with van der Waals surface area (Å²) in [6, 6.07) is 0. The van der Waals surface area contributed by atoms with E-state index in [-0.39, 0.29) is 18.4 Å². The van der Waals surface area contributed by atoms with Gasteiger partial charge in [-0.1, -0.05) is 0 Å². The molecular weight excluding hydrogens is 118 g/mol. The van der Waals surface area contributed by atoms with E-state index in [4.69, 9.17) is 0 Å². The molecule has 0 aromatic rings. The smallest absolute Gasteiger partial charge is 0.223 e. The lowest BCUT2D eigenvalue weighted by Gasteiger charge is -1.94. The molecule has 0 unspecified atom stereocenters. The number of carbonyl (C=O) groups is 2. The van der Waals surface area contributed by atoms with Crippen molar-refractivity contribution >= 4 is 12.2 Å². The Morgan fingerprint density at radius 2 is 2.33 bits per heavy atom. The second-order valence-electron chi connectivity index (χ2n) is 2.19. The van der Waals surface area contributed by atoms with Crippen molar-refractivity contribution in [2.24, 2.45) is 5.92 Å². The minimum atomic E-state index is 0.0297. The number of hydrogen-bond donors (Lipinski definition) is 1. The van der Waals surface area contributed by atoms with Crippen molar-refractivity contribution in [1.29, 1.82) is 0 Å².